The van der Waals surface area contributed by atoms with Crippen molar-refractivity contribution in [3.63, 3.8) is 0 Å². The molecule has 0 bridgehead atoms. The first kappa shape index (κ1) is 20.7. The van der Waals surface area contributed by atoms with Gasteiger partial charge in [-0.2, -0.15) is 0 Å². The summed E-state index contributed by atoms with van der Waals surface area (Å²) < 4.78 is 1.31. The summed E-state index contributed by atoms with van der Waals surface area (Å²) in [7, 11) is 0. The molecular weight excluding hydrogens is 408 g/mol. The van der Waals surface area contributed by atoms with Crippen LogP contribution in [-0.2, 0) is 17.8 Å². The Bertz CT molecular complexity index is 1230. The second kappa shape index (κ2) is 9.49. The van der Waals surface area contributed by atoms with Crippen LogP contribution in [0.4, 0.5) is 0 Å². The van der Waals surface area contributed by atoms with Gasteiger partial charge in [-0.25, -0.2) is 9.97 Å². The summed E-state index contributed by atoms with van der Waals surface area (Å²) >= 11 is 1.59. The van der Waals surface area contributed by atoms with Gasteiger partial charge in [0.15, 0.2) is 0 Å². The second-order valence-electron chi connectivity index (χ2n) is 7.22. The van der Waals surface area contributed by atoms with Gasteiger partial charge in [0.2, 0.25) is 5.91 Å². The summed E-state index contributed by atoms with van der Waals surface area (Å²) in [5, 5.41) is 5.82. The molecule has 0 aliphatic carbocycles. The van der Waals surface area contributed by atoms with Gasteiger partial charge in [-0.3, -0.25) is 14.2 Å². The van der Waals surface area contributed by atoms with Crippen molar-refractivity contribution < 1.29 is 4.79 Å². The van der Waals surface area contributed by atoms with E-state index in [1.54, 1.807) is 11.3 Å². The Balaban J connectivity index is 1.30. The van der Waals surface area contributed by atoms with Gasteiger partial charge >= 0.3 is 0 Å². The third kappa shape index (κ3) is 5.32. The Labute approximate surface area is 184 Å². The van der Waals surface area contributed by atoms with Crippen LogP contribution >= 0.6 is 11.3 Å². The highest BCUT2D eigenvalue weighted by Crippen LogP contribution is 2.23. The number of carbonyl (C=O) groups excluding carboxylic acids is 1. The molecule has 156 valence electrons. The summed E-state index contributed by atoms with van der Waals surface area (Å²) in [4.78, 5) is 33.6. The van der Waals surface area contributed by atoms with Crippen molar-refractivity contribution in [2.24, 2.45) is 0 Å². The van der Waals surface area contributed by atoms with E-state index >= 15 is 0 Å². The summed E-state index contributed by atoms with van der Waals surface area (Å²) in [5.74, 6) is -0.231. The molecule has 0 spiro atoms. The van der Waals surface area contributed by atoms with Crippen LogP contribution < -0.4 is 10.9 Å². The standard InChI is InChI=1S/C24H22N4O2S/c1-17-7-9-18(10-8-17)21-13-23(30)28(16-26-21)14-22(29)25-12-11-20-15-31-24(27-20)19-5-3-2-4-6-19/h2-10,13,15-16H,11-12,14H2,1H3,(H,25,29). The van der Waals surface area contributed by atoms with E-state index in [1.165, 1.54) is 17.0 Å². The maximum absolute atomic E-state index is 12.4. The number of amides is 1. The van der Waals surface area contributed by atoms with Crippen molar-refractivity contribution >= 4 is 17.2 Å². The van der Waals surface area contributed by atoms with Crippen LogP contribution in [0.3, 0.4) is 0 Å². The van der Waals surface area contributed by atoms with Crippen LogP contribution in [0.1, 0.15) is 11.3 Å². The van der Waals surface area contributed by atoms with Gasteiger partial charge in [0, 0.05) is 35.5 Å². The van der Waals surface area contributed by atoms with E-state index in [9.17, 15) is 9.59 Å². The first-order valence-electron chi connectivity index (χ1n) is 9.98. The van der Waals surface area contributed by atoms with Crippen LogP contribution in [0.25, 0.3) is 21.8 Å². The number of carbonyl (C=O) groups is 1. The molecule has 0 aliphatic heterocycles. The molecule has 2 aromatic carbocycles. The predicted molar refractivity (Wildman–Crippen MR) is 123 cm³/mol. The summed E-state index contributed by atoms with van der Waals surface area (Å²) in [6.45, 7) is 2.40. The lowest BCUT2D eigenvalue weighted by Gasteiger charge is -2.08. The predicted octanol–water partition coefficient (Wildman–Crippen LogP) is 3.70. The van der Waals surface area contributed by atoms with Gasteiger partial charge in [-0.1, -0.05) is 60.2 Å². The third-order valence-corrected chi connectivity index (χ3v) is 5.76. The highest BCUT2D eigenvalue weighted by molar-refractivity contribution is 7.13. The summed E-state index contributed by atoms with van der Waals surface area (Å²) in [6.07, 6.45) is 2.05. The largest absolute Gasteiger partial charge is 0.354 e. The van der Waals surface area contributed by atoms with E-state index in [0.717, 1.165) is 27.4 Å². The molecule has 31 heavy (non-hydrogen) atoms. The van der Waals surface area contributed by atoms with Crippen LogP contribution in [-0.4, -0.2) is 27.0 Å². The first-order valence-corrected chi connectivity index (χ1v) is 10.9. The number of nitrogens with zero attached hydrogens (tertiary/aromatic N) is 3. The highest BCUT2D eigenvalue weighted by atomic mass is 32.1. The van der Waals surface area contributed by atoms with Crippen molar-refractivity contribution in [1.82, 2.24) is 19.9 Å². The number of thiazole rings is 1. The van der Waals surface area contributed by atoms with E-state index in [1.807, 2.05) is 66.9 Å². The zero-order chi connectivity index (χ0) is 21.6. The molecule has 0 saturated heterocycles. The smallest absolute Gasteiger partial charge is 0.254 e. The minimum absolute atomic E-state index is 0.0632. The molecule has 4 rings (SSSR count). The van der Waals surface area contributed by atoms with Crippen LogP contribution in [0.5, 0.6) is 0 Å². The average Bonchev–Trinajstić information content (AvgIpc) is 3.25. The molecule has 7 heteroatoms. The molecule has 0 saturated carbocycles. The Morgan fingerprint density at radius 3 is 2.58 bits per heavy atom. The van der Waals surface area contributed by atoms with Crippen molar-refractivity contribution in [3.8, 4) is 21.8 Å². The SMILES string of the molecule is Cc1ccc(-c2cc(=O)n(CC(=O)NCCc3csc(-c4ccccc4)n3)cn2)cc1. The molecule has 2 heterocycles. The molecule has 2 aromatic heterocycles. The first-order chi connectivity index (χ1) is 15.1. The maximum atomic E-state index is 12.4. The number of rotatable bonds is 7. The third-order valence-electron chi connectivity index (χ3n) is 4.82. The quantitative estimate of drug-likeness (QED) is 0.485. The average molecular weight is 431 g/mol. The fourth-order valence-electron chi connectivity index (χ4n) is 3.10. The van der Waals surface area contributed by atoms with Crippen LogP contribution in [0.2, 0.25) is 0 Å². The Morgan fingerprint density at radius 1 is 1.06 bits per heavy atom. The van der Waals surface area contributed by atoms with E-state index < -0.39 is 0 Å². The van der Waals surface area contributed by atoms with Gasteiger partial charge in [0.05, 0.1) is 17.7 Å². The molecule has 1 amide bonds. The van der Waals surface area contributed by atoms with Crippen LogP contribution in [0, 0.1) is 6.92 Å². The van der Waals surface area contributed by atoms with Gasteiger partial charge < -0.3 is 5.32 Å². The zero-order valence-electron chi connectivity index (χ0n) is 17.1. The fraction of sp³-hybridized carbons (Fsp3) is 0.167. The topological polar surface area (TPSA) is 76.9 Å². The Kier molecular flexibility index (Phi) is 6.33. The molecule has 4 aromatic rings. The second-order valence-corrected chi connectivity index (χ2v) is 8.07. The van der Waals surface area contributed by atoms with Gasteiger partial charge in [0.25, 0.3) is 5.56 Å². The number of hydrogen-bond donors (Lipinski definition) is 1. The van der Waals surface area contributed by atoms with E-state index in [-0.39, 0.29) is 18.0 Å². The number of nitrogens with one attached hydrogen (secondary N) is 1. The number of hydrogen-bond acceptors (Lipinski definition) is 5. The number of aromatic nitrogens is 3. The fourth-order valence-corrected chi connectivity index (χ4v) is 3.96. The van der Waals surface area contributed by atoms with Crippen molar-refractivity contribution in [2.45, 2.75) is 19.9 Å². The van der Waals surface area contributed by atoms with Gasteiger partial charge in [-0.15, -0.1) is 11.3 Å². The van der Waals surface area contributed by atoms with E-state index in [0.29, 0.717) is 18.7 Å². The molecule has 0 unspecified atom stereocenters. The molecular formula is C24H22N4O2S. The lowest BCUT2D eigenvalue weighted by Crippen LogP contribution is -2.33. The van der Waals surface area contributed by atoms with Gasteiger partial charge in [-0.05, 0) is 6.92 Å². The molecule has 0 aliphatic rings. The Morgan fingerprint density at radius 2 is 1.84 bits per heavy atom. The molecule has 6 nitrogen and oxygen atoms in total. The monoisotopic (exact) mass is 430 g/mol. The van der Waals surface area contributed by atoms with Crippen molar-refractivity contribution in [3.05, 3.63) is 94.0 Å². The lowest BCUT2D eigenvalue weighted by atomic mass is 10.1. The molecule has 0 fully saturated rings. The minimum Gasteiger partial charge on any atom is -0.354 e. The summed E-state index contributed by atoms with van der Waals surface area (Å²) in [5.41, 5.74) is 4.38. The normalized spacial score (nSPS) is 10.7. The minimum atomic E-state index is -0.257. The zero-order valence-corrected chi connectivity index (χ0v) is 17.9. The molecule has 0 atom stereocenters. The van der Waals surface area contributed by atoms with Crippen LogP contribution in [0.15, 0.2) is 77.2 Å². The van der Waals surface area contributed by atoms with Gasteiger partial charge in [0.1, 0.15) is 11.6 Å². The molecule has 0 radical (unpaired) electrons. The molecule has 1 N–H and O–H groups in total. The Hall–Kier alpha value is -3.58. The van der Waals surface area contributed by atoms with Crippen molar-refractivity contribution in [2.75, 3.05) is 6.54 Å². The maximum Gasteiger partial charge on any atom is 0.254 e. The summed E-state index contributed by atoms with van der Waals surface area (Å²) in [6, 6.07) is 19.3. The van der Waals surface area contributed by atoms with Crippen molar-refractivity contribution in [1.29, 1.82) is 0 Å². The lowest BCUT2D eigenvalue weighted by molar-refractivity contribution is -0.121. The highest BCUT2D eigenvalue weighted by Gasteiger charge is 2.08. The number of aryl methyl sites for hydroxylation is 1. The van der Waals surface area contributed by atoms with E-state index in [4.69, 9.17) is 0 Å². The van der Waals surface area contributed by atoms with E-state index in [2.05, 4.69) is 15.3 Å². The number of benzene rings is 2.